The fourth-order valence-corrected chi connectivity index (χ4v) is 4.69. The van der Waals surface area contributed by atoms with Crippen molar-refractivity contribution in [3.63, 3.8) is 0 Å². The third-order valence-electron chi connectivity index (χ3n) is 5.49. The van der Waals surface area contributed by atoms with Crippen LogP contribution in [0.25, 0.3) is 22.1 Å². The number of hydrogen-bond acceptors (Lipinski definition) is 5. The first-order valence-corrected chi connectivity index (χ1v) is 10.0. The van der Waals surface area contributed by atoms with Gasteiger partial charge in [0, 0.05) is 17.2 Å². The summed E-state index contributed by atoms with van der Waals surface area (Å²) in [5.41, 5.74) is 9.38. The number of thiophene rings is 1. The number of anilines is 1. The minimum atomic E-state index is -0.841. The van der Waals surface area contributed by atoms with E-state index in [0.29, 0.717) is 25.0 Å². The van der Waals surface area contributed by atoms with E-state index in [9.17, 15) is 9.59 Å². The van der Waals surface area contributed by atoms with Crippen LogP contribution in [0.2, 0.25) is 0 Å². The molecule has 1 aromatic carbocycles. The topological polar surface area (TPSA) is 85.3 Å². The molecule has 1 unspecified atom stereocenters. The molecule has 1 aliphatic heterocycles. The van der Waals surface area contributed by atoms with Crippen molar-refractivity contribution in [2.75, 3.05) is 5.73 Å². The molecule has 0 aliphatic carbocycles. The summed E-state index contributed by atoms with van der Waals surface area (Å²) < 4.78 is 6.03. The molecule has 1 saturated heterocycles. The smallest absolute Gasteiger partial charge is 0.240 e. The lowest BCUT2D eigenvalue weighted by molar-refractivity contribution is -0.132. The lowest BCUT2D eigenvalue weighted by Crippen LogP contribution is -2.42. The zero-order valence-electron chi connectivity index (χ0n) is 15.4. The van der Waals surface area contributed by atoms with Crippen LogP contribution in [-0.2, 0) is 21.4 Å². The molecule has 2 aromatic heterocycles. The quantitative estimate of drug-likeness (QED) is 0.658. The van der Waals surface area contributed by atoms with Crippen molar-refractivity contribution in [2.45, 2.75) is 44.9 Å². The second-order valence-corrected chi connectivity index (χ2v) is 8.18. The Kier molecular flexibility index (Phi) is 4.30. The van der Waals surface area contributed by atoms with Gasteiger partial charge in [0.25, 0.3) is 0 Å². The van der Waals surface area contributed by atoms with Crippen molar-refractivity contribution in [1.82, 2.24) is 5.32 Å². The highest BCUT2D eigenvalue weighted by Crippen LogP contribution is 2.39. The van der Waals surface area contributed by atoms with Crippen LogP contribution in [0, 0.1) is 0 Å². The normalized spacial score (nSPS) is 20.7. The molecule has 27 heavy (non-hydrogen) atoms. The number of benzene rings is 1. The molecule has 1 aliphatic rings. The van der Waals surface area contributed by atoms with Gasteiger partial charge in [0.15, 0.2) is 0 Å². The number of hydrogen-bond donors (Lipinski definition) is 2. The van der Waals surface area contributed by atoms with Crippen LogP contribution in [0.1, 0.15) is 44.4 Å². The fourth-order valence-electron chi connectivity index (χ4n) is 3.77. The lowest BCUT2D eigenvalue weighted by atomic mass is 9.82. The predicted octanol–water partition coefficient (Wildman–Crippen LogP) is 4.39. The van der Waals surface area contributed by atoms with E-state index in [0.717, 1.165) is 39.1 Å². The predicted molar refractivity (Wildman–Crippen MR) is 108 cm³/mol. The summed E-state index contributed by atoms with van der Waals surface area (Å²) in [4.78, 5) is 24.3. The monoisotopic (exact) mass is 382 g/mol. The molecule has 1 atom stereocenters. The average molecular weight is 382 g/mol. The number of nitrogens with one attached hydrogen (secondary N) is 1. The maximum Gasteiger partial charge on any atom is 0.240 e. The van der Waals surface area contributed by atoms with Crippen LogP contribution in [0.4, 0.5) is 5.00 Å². The van der Waals surface area contributed by atoms with E-state index in [1.807, 2.05) is 25.1 Å². The van der Waals surface area contributed by atoms with Crippen molar-refractivity contribution in [2.24, 2.45) is 0 Å². The first kappa shape index (κ1) is 17.8. The summed E-state index contributed by atoms with van der Waals surface area (Å²) in [6.45, 7) is 3.94. The van der Waals surface area contributed by atoms with E-state index < -0.39 is 5.41 Å². The highest BCUT2D eigenvalue weighted by atomic mass is 32.1. The number of amides is 2. The van der Waals surface area contributed by atoms with E-state index in [1.54, 1.807) is 11.3 Å². The maximum atomic E-state index is 12.6. The van der Waals surface area contributed by atoms with Crippen LogP contribution in [0.3, 0.4) is 0 Å². The van der Waals surface area contributed by atoms with E-state index >= 15 is 0 Å². The van der Waals surface area contributed by atoms with Gasteiger partial charge in [-0.3, -0.25) is 14.9 Å². The Labute approximate surface area is 161 Å². The minimum absolute atomic E-state index is 0.218. The summed E-state index contributed by atoms with van der Waals surface area (Å²) in [5, 5.41) is 6.36. The number of carbonyl (C=O) groups excluding carboxylic acids is 2. The van der Waals surface area contributed by atoms with Gasteiger partial charge in [0.2, 0.25) is 11.8 Å². The van der Waals surface area contributed by atoms with Crippen molar-refractivity contribution in [1.29, 1.82) is 0 Å². The van der Waals surface area contributed by atoms with Crippen LogP contribution in [-0.4, -0.2) is 11.8 Å². The van der Waals surface area contributed by atoms with E-state index in [2.05, 4.69) is 23.7 Å². The van der Waals surface area contributed by atoms with Crippen molar-refractivity contribution >= 4 is 39.1 Å². The third kappa shape index (κ3) is 2.94. The molecule has 0 bridgehead atoms. The highest BCUT2D eigenvalue weighted by molar-refractivity contribution is 7.14. The summed E-state index contributed by atoms with van der Waals surface area (Å²) in [6.07, 6.45) is 2.49. The highest BCUT2D eigenvalue weighted by Gasteiger charge is 2.40. The summed E-state index contributed by atoms with van der Waals surface area (Å²) in [6, 6.07) is 7.96. The zero-order chi connectivity index (χ0) is 19.2. The van der Waals surface area contributed by atoms with Crippen LogP contribution < -0.4 is 11.1 Å². The molecule has 1 fully saturated rings. The number of fused-ring (bicyclic) bond motifs is 1. The zero-order valence-corrected chi connectivity index (χ0v) is 16.2. The lowest BCUT2D eigenvalue weighted by Gasteiger charge is -2.22. The molecule has 5 nitrogen and oxygen atoms in total. The van der Waals surface area contributed by atoms with Gasteiger partial charge in [0.05, 0.1) is 5.00 Å². The Morgan fingerprint density at radius 3 is 2.89 bits per heavy atom. The van der Waals surface area contributed by atoms with Gasteiger partial charge in [-0.05, 0) is 61.1 Å². The maximum absolute atomic E-state index is 12.6. The van der Waals surface area contributed by atoms with Crippen LogP contribution in [0.5, 0.6) is 0 Å². The molecule has 3 aromatic rings. The van der Waals surface area contributed by atoms with E-state index in [1.165, 1.54) is 0 Å². The number of imide groups is 1. The van der Waals surface area contributed by atoms with Gasteiger partial charge in [-0.1, -0.05) is 13.0 Å². The molecular weight excluding hydrogens is 360 g/mol. The SMILES string of the molecule is CCc1c(-c2ccc3oc(C4(C)CCCC(=O)NC4=O)cc3c2)csc1N. The molecule has 4 rings (SSSR count). The molecule has 6 heteroatoms. The van der Waals surface area contributed by atoms with Crippen molar-refractivity contribution in [3.05, 3.63) is 41.0 Å². The third-order valence-corrected chi connectivity index (χ3v) is 6.34. The number of nitrogen functional groups attached to an aromatic ring is 1. The van der Waals surface area contributed by atoms with Crippen molar-refractivity contribution < 1.29 is 14.0 Å². The molecule has 2 amide bonds. The fraction of sp³-hybridized carbons (Fsp3) is 0.333. The van der Waals surface area contributed by atoms with E-state index in [-0.39, 0.29) is 11.8 Å². The Morgan fingerprint density at radius 2 is 2.11 bits per heavy atom. The second-order valence-electron chi connectivity index (χ2n) is 7.27. The van der Waals surface area contributed by atoms with Crippen LogP contribution >= 0.6 is 11.3 Å². The Bertz CT molecular complexity index is 1050. The molecule has 0 spiro atoms. The van der Waals surface area contributed by atoms with Gasteiger partial charge < -0.3 is 10.2 Å². The molecule has 0 saturated carbocycles. The molecule has 3 N–H and O–H groups in total. The second kappa shape index (κ2) is 6.53. The minimum Gasteiger partial charge on any atom is -0.460 e. The van der Waals surface area contributed by atoms with Crippen LogP contribution in [0.15, 0.2) is 34.1 Å². The van der Waals surface area contributed by atoms with E-state index in [4.69, 9.17) is 10.2 Å². The number of carbonyl (C=O) groups is 2. The standard InChI is InChI=1S/C21H22N2O3S/c1-3-14-15(11-27-19(14)22)12-6-7-16-13(9-12)10-17(26-16)21(2)8-4-5-18(24)23-20(21)25/h6-7,9-11H,3-5,8,22H2,1-2H3,(H,23,24,25). The number of furan rings is 1. The Hall–Kier alpha value is -2.60. The first-order valence-electron chi connectivity index (χ1n) is 9.17. The molecule has 3 heterocycles. The molecule has 140 valence electrons. The Balaban J connectivity index is 1.77. The average Bonchev–Trinajstić information content (AvgIpc) is 3.20. The summed E-state index contributed by atoms with van der Waals surface area (Å²) >= 11 is 1.56. The van der Waals surface area contributed by atoms with Gasteiger partial charge in [0.1, 0.15) is 16.8 Å². The Morgan fingerprint density at radius 1 is 1.30 bits per heavy atom. The van der Waals surface area contributed by atoms with Gasteiger partial charge >= 0.3 is 0 Å². The number of nitrogens with two attached hydrogens (primary N) is 1. The summed E-state index contributed by atoms with van der Waals surface area (Å²) in [7, 11) is 0. The molecule has 0 radical (unpaired) electrons. The van der Waals surface area contributed by atoms with Gasteiger partial charge in [-0.15, -0.1) is 11.3 Å². The molecular formula is C21H22N2O3S. The van der Waals surface area contributed by atoms with Gasteiger partial charge in [-0.2, -0.15) is 0 Å². The first-order chi connectivity index (χ1) is 12.9. The number of rotatable bonds is 3. The van der Waals surface area contributed by atoms with Crippen molar-refractivity contribution in [3.8, 4) is 11.1 Å². The largest absolute Gasteiger partial charge is 0.460 e. The van der Waals surface area contributed by atoms with Gasteiger partial charge in [-0.25, -0.2) is 0 Å². The summed E-state index contributed by atoms with van der Waals surface area (Å²) in [5.74, 6) is 0.0924.